The molecule has 0 unspecified atom stereocenters. The second-order valence-electron chi connectivity index (χ2n) is 6.47. The fourth-order valence-electron chi connectivity index (χ4n) is 2.70. The van der Waals surface area contributed by atoms with Crippen LogP contribution in [0.5, 0.6) is 0 Å². The van der Waals surface area contributed by atoms with Gasteiger partial charge in [-0.25, -0.2) is 4.79 Å². The van der Waals surface area contributed by atoms with E-state index >= 15 is 0 Å². The molecule has 0 saturated carbocycles. The molecule has 0 aliphatic carbocycles. The summed E-state index contributed by atoms with van der Waals surface area (Å²) in [5, 5.41) is 33.8. The SMILES string of the molecule is CC(=O)N[C@@H](CS[13C](=O)[13C@]1([13C@@H](O)[13CH]([13CH3])[13CH3])NC(=O)[C@H](C)[C@@H]1O)C(=O)O. The van der Waals surface area contributed by atoms with Crippen LogP contribution in [-0.4, -0.2) is 67.8 Å². The number of rotatable bonds is 7. The number of aliphatic hydroxyl groups excluding tert-OH is 2. The Hall–Kier alpha value is -1.65. The molecule has 5 N–H and O–H groups in total. The topological polar surface area (TPSA) is 153 Å². The molecule has 1 rings (SSSR count). The van der Waals surface area contributed by atoms with Crippen LogP contribution < -0.4 is 10.6 Å². The van der Waals surface area contributed by atoms with Crippen LogP contribution in [0.3, 0.4) is 0 Å². The van der Waals surface area contributed by atoms with Crippen LogP contribution in [0, 0.1) is 11.8 Å². The molecular weight excluding hydrogens is 358 g/mol. The quantitative estimate of drug-likeness (QED) is 0.341. The molecule has 9 nitrogen and oxygen atoms in total. The van der Waals surface area contributed by atoms with Crippen molar-refractivity contribution in [1.29, 1.82) is 0 Å². The molecule has 0 bridgehead atoms. The number of thioether (sulfide) groups is 1. The molecule has 0 aromatic carbocycles. The third kappa shape index (κ3) is 4.31. The van der Waals surface area contributed by atoms with Gasteiger partial charge in [-0.2, -0.15) is 0 Å². The molecule has 2 amide bonds. The van der Waals surface area contributed by atoms with Gasteiger partial charge in [0.25, 0.3) is 0 Å². The van der Waals surface area contributed by atoms with Gasteiger partial charge in [0.2, 0.25) is 16.9 Å². The van der Waals surface area contributed by atoms with Gasteiger partial charge >= 0.3 is 5.97 Å². The molecule has 1 aliphatic heterocycles. The molecule has 1 heterocycles. The predicted octanol–water partition coefficient (Wildman–Crippen LogP) is -1.28. The van der Waals surface area contributed by atoms with E-state index in [1.54, 1.807) is 13.8 Å². The molecule has 142 valence electrons. The Balaban J connectivity index is 3.04. The summed E-state index contributed by atoms with van der Waals surface area (Å²) in [6.07, 6.45) is -2.82. The van der Waals surface area contributed by atoms with E-state index in [0.717, 1.165) is 6.92 Å². The average molecular weight is 382 g/mol. The van der Waals surface area contributed by atoms with Gasteiger partial charge in [-0.05, 0) is 5.92 Å². The molecular formula is C15H24N2O7S. The molecule has 1 aliphatic rings. The first-order valence-corrected chi connectivity index (χ1v) is 8.79. The van der Waals surface area contributed by atoms with Crippen molar-refractivity contribution >= 4 is 34.7 Å². The van der Waals surface area contributed by atoms with Crippen molar-refractivity contribution in [3.05, 3.63) is 0 Å². The number of carboxylic acid groups (broad SMARTS) is 1. The Bertz CT molecular complexity index is 568. The van der Waals surface area contributed by atoms with E-state index < -0.39 is 58.5 Å². The van der Waals surface area contributed by atoms with E-state index in [0.29, 0.717) is 11.8 Å². The van der Waals surface area contributed by atoms with Crippen LogP contribution in [0.25, 0.3) is 0 Å². The fourth-order valence-corrected chi connectivity index (χ4v) is 3.77. The normalized spacial score (nSPS) is 28.4. The minimum Gasteiger partial charge on any atom is -0.480 e. The van der Waals surface area contributed by atoms with E-state index in [1.807, 2.05) is 0 Å². The Labute approximate surface area is 149 Å². The third-order valence-electron chi connectivity index (χ3n) is 4.18. The summed E-state index contributed by atoms with van der Waals surface area (Å²) < 4.78 is 0. The monoisotopic (exact) mass is 382 g/mol. The molecule has 0 aromatic rings. The zero-order valence-corrected chi connectivity index (χ0v) is 15.3. The van der Waals surface area contributed by atoms with Gasteiger partial charge in [0, 0.05) is 12.7 Å². The Morgan fingerprint density at radius 1 is 1.36 bits per heavy atom. The van der Waals surface area contributed by atoms with Crippen molar-refractivity contribution < 1.29 is 34.5 Å². The van der Waals surface area contributed by atoms with Crippen molar-refractivity contribution in [2.24, 2.45) is 11.8 Å². The second-order valence-corrected chi connectivity index (χ2v) is 7.46. The van der Waals surface area contributed by atoms with Crippen molar-refractivity contribution in [1.82, 2.24) is 10.6 Å². The third-order valence-corrected chi connectivity index (χ3v) is 5.28. The maximum absolute atomic E-state index is 12.8. The molecule has 10 heteroatoms. The maximum atomic E-state index is 12.8. The summed E-state index contributed by atoms with van der Waals surface area (Å²) in [7, 11) is 0. The summed E-state index contributed by atoms with van der Waals surface area (Å²) in [5.41, 5.74) is -1.92. The number of carbonyl (C=O) groups is 4. The zero-order chi connectivity index (χ0) is 19.5. The first kappa shape index (κ1) is 21.4. The summed E-state index contributed by atoms with van der Waals surface area (Å²) in [5.74, 6) is -4.12. The van der Waals surface area contributed by atoms with Gasteiger partial charge in [0.05, 0.1) is 18.1 Å². The van der Waals surface area contributed by atoms with E-state index in [2.05, 4.69) is 10.6 Å². The smallest absolute Gasteiger partial charge is 0.327 e. The van der Waals surface area contributed by atoms with Crippen molar-refractivity contribution in [3.63, 3.8) is 0 Å². The Kier molecular flexibility index (Phi) is 6.98. The summed E-state index contributed by atoms with van der Waals surface area (Å²) in [4.78, 5) is 46.9. The molecule has 0 radical (unpaired) electrons. The number of carboxylic acids is 1. The highest BCUT2D eigenvalue weighted by Gasteiger charge is 2.60. The van der Waals surface area contributed by atoms with Crippen LogP contribution in [-0.2, 0) is 19.2 Å². The van der Waals surface area contributed by atoms with Crippen LogP contribution in [0.1, 0.15) is 27.7 Å². The number of carbonyl (C=O) groups excluding carboxylic acids is 3. The average Bonchev–Trinajstić information content (AvgIpc) is 2.74. The van der Waals surface area contributed by atoms with E-state index in [1.165, 1.54) is 6.92 Å². The first-order chi connectivity index (χ1) is 11.4. The van der Waals surface area contributed by atoms with Crippen molar-refractivity contribution in [2.45, 2.75) is 51.5 Å². The van der Waals surface area contributed by atoms with E-state index in [9.17, 15) is 29.4 Å². The van der Waals surface area contributed by atoms with Gasteiger partial charge in [0.1, 0.15) is 6.04 Å². The lowest BCUT2D eigenvalue weighted by Crippen LogP contribution is -2.64. The lowest BCUT2D eigenvalue weighted by Gasteiger charge is -2.37. The Morgan fingerprint density at radius 2 is 1.92 bits per heavy atom. The van der Waals surface area contributed by atoms with Crippen LogP contribution in [0.4, 0.5) is 0 Å². The minimum atomic E-state index is -1.92. The zero-order valence-electron chi connectivity index (χ0n) is 14.5. The molecule has 1 saturated heterocycles. The van der Waals surface area contributed by atoms with Gasteiger partial charge in [0.15, 0.2) is 5.54 Å². The summed E-state index contributed by atoms with van der Waals surface area (Å²) in [6, 6.07) is -1.31. The number of nitrogens with one attached hydrogen (secondary N) is 2. The van der Waals surface area contributed by atoms with Gasteiger partial charge in [-0.1, -0.05) is 32.5 Å². The minimum absolute atomic E-state index is 0.308. The van der Waals surface area contributed by atoms with Gasteiger partial charge < -0.3 is 26.0 Å². The van der Waals surface area contributed by atoms with Crippen LogP contribution in [0.15, 0.2) is 0 Å². The highest BCUT2D eigenvalue weighted by Crippen LogP contribution is 2.36. The van der Waals surface area contributed by atoms with Crippen LogP contribution in [0.2, 0.25) is 0 Å². The summed E-state index contributed by atoms with van der Waals surface area (Å²) >= 11 is 0.535. The second kappa shape index (κ2) is 8.15. The summed E-state index contributed by atoms with van der Waals surface area (Å²) in [6.45, 7) is 5.84. The lowest BCUT2D eigenvalue weighted by molar-refractivity contribution is -0.140. The fraction of sp³-hybridized carbons (Fsp3) is 0.733. The Morgan fingerprint density at radius 3 is 2.28 bits per heavy atom. The van der Waals surface area contributed by atoms with Crippen molar-refractivity contribution in [2.75, 3.05) is 5.75 Å². The van der Waals surface area contributed by atoms with E-state index in [4.69, 9.17) is 5.11 Å². The molecule has 0 spiro atoms. The molecule has 0 aromatic heterocycles. The van der Waals surface area contributed by atoms with Gasteiger partial charge in [-0.3, -0.25) is 14.4 Å². The number of aliphatic carboxylic acids is 1. The maximum Gasteiger partial charge on any atom is 0.327 e. The molecule has 5 atom stereocenters. The van der Waals surface area contributed by atoms with Crippen LogP contribution >= 0.6 is 11.8 Å². The molecule has 1 fully saturated rings. The largest absolute Gasteiger partial charge is 0.480 e. The highest BCUT2D eigenvalue weighted by molar-refractivity contribution is 8.13. The van der Waals surface area contributed by atoms with Crippen molar-refractivity contribution in [3.8, 4) is 0 Å². The predicted molar refractivity (Wildman–Crippen MR) is 89.6 cm³/mol. The highest BCUT2D eigenvalue weighted by atomic mass is 32.2. The molecule has 25 heavy (non-hydrogen) atoms. The number of amides is 2. The number of aliphatic hydroxyl groups is 2. The standard InChI is InChI=1S/C15H24N2O7S/c1-6(2)10(19)15(11(20)7(3)12(21)17-15)14(24)25-5-9(13(22)23)16-8(4)18/h6-7,9-11,19-20H,5H2,1-4H3,(H,16,18)(H,17,21)(H,22,23)/t7-,9+,10+,11+,15-/m1/s1/i1+1,2+1,6+1,10+1,14+1,15+1. The number of hydrogen-bond donors (Lipinski definition) is 5. The lowest BCUT2D eigenvalue weighted by atomic mass is 10.1. The first-order valence-electron chi connectivity index (χ1n) is 7.80. The van der Waals surface area contributed by atoms with Gasteiger partial charge in [-0.15, -0.1) is 0 Å². The number of hydrogen-bond acceptors (Lipinski definition) is 7. The van der Waals surface area contributed by atoms with E-state index in [-0.39, 0.29) is 5.75 Å².